The van der Waals surface area contributed by atoms with E-state index in [0.717, 1.165) is 25.0 Å². The molecule has 0 radical (unpaired) electrons. The zero-order valence-electron chi connectivity index (χ0n) is 14.8. The molecule has 2 aliphatic carbocycles. The van der Waals surface area contributed by atoms with Gasteiger partial charge in [-0.15, -0.1) is 0 Å². The predicted octanol–water partition coefficient (Wildman–Crippen LogP) is 4.78. The molecule has 124 valence electrons. The Kier molecular flexibility index (Phi) is 6.55. The summed E-state index contributed by atoms with van der Waals surface area (Å²) in [5.74, 6) is 1.78. The summed E-state index contributed by atoms with van der Waals surface area (Å²) in [5.41, 5.74) is 0.422. The van der Waals surface area contributed by atoms with Crippen LogP contribution in [-0.4, -0.2) is 25.3 Å². The van der Waals surface area contributed by atoms with Gasteiger partial charge in [0.25, 0.3) is 0 Å². The fourth-order valence-electron chi connectivity index (χ4n) is 3.83. The van der Waals surface area contributed by atoms with E-state index in [1.54, 1.807) is 0 Å². The van der Waals surface area contributed by atoms with E-state index in [4.69, 9.17) is 4.74 Å². The monoisotopic (exact) mass is 295 g/mol. The van der Waals surface area contributed by atoms with Gasteiger partial charge in [0.15, 0.2) is 0 Å². The molecule has 3 unspecified atom stereocenters. The van der Waals surface area contributed by atoms with Crippen LogP contribution in [0.4, 0.5) is 0 Å². The first-order chi connectivity index (χ1) is 10.0. The summed E-state index contributed by atoms with van der Waals surface area (Å²) >= 11 is 0. The van der Waals surface area contributed by atoms with E-state index < -0.39 is 0 Å². The molecule has 2 aliphatic rings. The highest BCUT2D eigenvalue weighted by molar-refractivity contribution is 4.90. The molecule has 0 spiro atoms. The summed E-state index contributed by atoms with van der Waals surface area (Å²) < 4.78 is 6.36. The van der Waals surface area contributed by atoms with Gasteiger partial charge in [-0.25, -0.2) is 0 Å². The quantitative estimate of drug-likeness (QED) is 0.730. The third-order valence-corrected chi connectivity index (χ3v) is 5.76. The van der Waals surface area contributed by atoms with Gasteiger partial charge in [-0.1, -0.05) is 47.0 Å². The molecule has 0 saturated heterocycles. The number of ether oxygens (including phenoxy) is 1. The Bertz CT molecular complexity index is 292. The van der Waals surface area contributed by atoms with Crippen molar-refractivity contribution >= 4 is 0 Å². The molecule has 2 nitrogen and oxygen atoms in total. The molecule has 3 atom stereocenters. The zero-order valence-corrected chi connectivity index (χ0v) is 14.8. The molecule has 2 heteroatoms. The van der Waals surface area contributed by atoms with Crippen LogP contribution in [0.3, 0.4) is 0 Å². The Balaban J connectivity index is 1.82. The second-order valence-corrected chi connectivity index (χ2v) is 8.43. The van der Waals surface area contributed by atoms with Crippen molar-refractivity contribution in [1.29, 1.82) is 0 Å². The topological polar surface area (TPSA) is 21.3 Å². The zero-order chi connectivity index (χ0) is 15.3. The van der Waals surface area contributed by atoms with E-state index >= 15 is 0 Å². The van der Waals surface area contributed by atoms with Crippen LogP contribution < -0.4 is 5.32 Å². The lowest BCUT2D eigenvalue weighted by molar-refractivity contribution is -0.0343. The van der Waals surface area contributed by atoms with Crippen molar-refractivity contribution in [3.63, 3.8) is 0 Å². The van der Waals surface area contributed by atoms with E-state index in [1.807, 2.05) is 0 Å². The van der Waals surface area contributed by atoms with Gasteiger partial charge in [-0.05, 0) is 55.9 Å². The fourth-order valence-corrected chi connectivity index (χ4v) is 3.83. The molecule has 2 fully saturated rings. The molecule has 0 heterocycles. The first-order valence-corrected chi connectivity index (χ1v) is 9.35. The van der Waals surface area contributed by atoms with Crippen LogP contribution in [0.25, 0.3) is 0 Å². The molecule has 21 heavy (non-hydrogen) atoms. The lowest BCUT2D eigenvalue weighted by atomic mass is 9.70. The Morgan fingerprint density at radius 1 is 1.10 bits per heavy atom. The van der Waals surface area contributed by atoms with Crippen LogP contribution >= 0.6 is 0 Å². The molecular weight excluding hydrogens is 258 g/mol. The van der Waals surface area contributed by atoms with Gasteiger partial charge in [0.2, 0.25) is 0 Å². The number of hydrogen-bond donors (Lipinski definition) is 1. The Labute approximate surface area is 132 Å². The van der Waals surface area contributed by atoms with Crippen molar-refractivity contribution in [2.24, 2.45) is 17.3 Å². The fraction of sp³-hybridized carbons (Fsp3) is 1.00. The Morgan fingerprint density at radius 2 is 1.86 bits per heavy atom. The Morgan fingerprint density at radius 3 is 2.43 bits per heavy atom. The lowest BCUT2D eigenvalue weighted by Gasteiger charge is -2.42. The van der Waals surface area contributed by atoms with Crippen LogP contribution in [-0.2, 0) is 4.74 Å². The number of nitrogens with one attached hydrogen (secondary N) is 1. The van der Waals surface area contributed by atoms with E-state index in [0.29, 0.717) is 17.6 Å². The summed E-state index contributed by atoms with van der Waals surface area (Å²) in [6, 6.07) is 0.588. The number of hydrogen-bond acceptors (Lipinski definition) is 2. The van der Waals surface area contributed by atoms with Crippen molar-refractivity contribution in [3.05, 3.63) is 0 Å². The minimum atomic E-state index is 0.422. The maximum atomic E-state index is 6.36. The lowest BCUT2D eigenvalue weighted by Crippen LogP contribution is -2.48. The standard InChI is InChI=1S/C19H37NO/c1-5-12-20-17-10-9-16(19(2,3)4)14-18(17)21-13-11-15-7-6-8-15/h15-18,20H,5-14H2,1-4H3. The van der Waals surface area contributed by atoms with Gasteiger partial charge in [0.1, 0.15) is 0 Å². The minimum Gasteiger partial charge on any atom is -0.377 e. The Hall–Kier alpha value is -0.0800. The van der Waals surface area contributed by atoms with Crippen molar-refractivity contribution in [2.75, 3.05) is 13.2 Å². The molecule has 0 aliphatic heterocycles. The normalized spacial score (nSPS) is 31.1. The van der Waals surface area contributed by atoms with Crippen LogP contribution in [0.2, 0.25) is 0 Å². The van der Waals surface area contributed by atoms with Crippen LogP contribution in [0, 0.1) is 17.3 Å². The van der Waals surface area contributed by atoms with Crippen LogP contribution in [0.1, 0.15) is 79.1 Å². The van der Waals surface area contributed by atoms with Gasteiger partial charge in [0, 0.05) is 12.6 Å². The molecule has 0 aromatic carbocycles. The molecule has 2 saturated carbocycles. The average Bonchev–Trinajstić information content (AvgIpc) is 2.38. The van der Waals surface area contributed by atoms with Gasteiger partial charge in [-0.2, -0.15) is 0 Å². The third kappa shape index (κ3) is 5.25. The van der Waals surface area contributed by atoms with Gasteiger partial charge >= 0.3 is 0 Å². The average molecular weight is 296 g/mol. The van der Waals surface area contributed by atoms with Gasteiger partial charge in [0.05, 0.1) is 6.10 Å². The third-order valence-electron chi connectivity index (χ3n) is 5.76. The second kappa shape index (κ2) is 7.97. The van der Waals surface area contributed by atoms with Crippen molar-refractivity contribution in [2.45, 2.75) is 91.2 Å². The molecule has 1 N–H and O–H groups in total. The van der Waals surface area contributed by atoms with Gasteiger partial charge < -0.3 is 10.1 Å². The highest BCUT2D eigenvalue weighted by Gasteiger charge is 2.36. The first kappa shape index (κ1) is 17.3. The van der Waals surface area contributed by atoms with E-state index in [9.17, 15) is 0 Å². The largest absolute Gasteiger partial charge is 0.377 e. The maximum Gasteiger partial charge on any atom is 0.0730 e. The summed E-state index contributed by atoms with van der Waals surface area (Å²) in [6.45, 7) is 11.5. The van der Waals surface area contributed by atoms with Crippen LogP contribution in [0.5, 0.6) is 0 Å². The van der Waals surface area contributed by atoms with E-state index in [-0.39, 0.29) is 0 Å². The number of rotatable bonds is 7. The van der Waals surface area contributed by atoms with Gasteiger partial charge in [-0.3, -0.25) is 0 Å². The summed E-state index contributed by atoms with van der Waals surface area (Å²) in [4.78, 5) is 0. The summed E-state index contributed by atoms with van der Waals surface area (Å²) in [5, 5.41) is 3.73. The summed E-state index contributed by atoms with van der Waals surface area (Å²) in [7, 11) is 0. The first-order valence-electron chi connectivity index (χ1n) is 9.35. The van der Waals surface area contributed by atoms with E-state index in [1.165, 1.54) is 51.4 Å². The van der Waals surface area contributed by atoms with Crippen LogP contribution in [0.15, 0.2) is 0 Å². The SMILES string of the molecule is CCCNC1CCC(C(C)(C)C)CC1OCCC1CCC1. The smallest absolute Gasteiger partial charge is 0.0730 e. The second-order valence-electron chi connectivity index (χ2n) is 8.43. The molecule has 2 rings (SSSR count). The predicted molar refractivity (Wildman–Crippen MR) is 90.6 cm³/mol. The molecular formula is C19H37NO. The minimum absolute atomic E-state index is 0.422. The van der Waals surface area contributed by atoms with Crippen molar-refractivity contribution < 1.29 is 4.74 Å². The molecule has 0 aromatic rings. The molecule has 0 bridgehead atoms. The van der Waals surface area contributed by atoms with Crippen molar-refractivity contribution in [1.82, 2.24) is 5.32 Å². The van der Waals surface area contributed by atoms with Crippen molar-refractivity contribution in [3.8, 4) is 0 Å². The summed E-state index contributed by atoms with van der Waals surface area (Å²) in [6.07, 6.45) is 11.2. The molecule has 0 aromatic heterocycles. The van der Waals surface area contributed by atoms with E-state index in [2.05, 4.69) is 33.0 Å². The highest BCUT2D eigenvalue weighted by Crippen LogP contribution is 2.39. The highest BCUT2D eigenvalue weighted by atomic mass is 16.5. The molecule has 0 amide bonds. The maximum absolute atomic E-state index is 6.36.